The molecule has 20 heavy (non-hydrogen) atoms. The van der Waals surface area contributed by atoms with Gasteiger partial charge in [-0.3, -0.25) is 0 Å². The van der Waals surface area contributed by atoms with Crippen LogP contribution in [-0.2, 0) is 4.74 Å². The standard InChI is InChI=1S/C16H24N2O2/c1-4-7-17-15(11-18-8-9-20-16(18)19)14-6-5-12(2)10-13(14)3/h5-6,10,15,17H,4,7-9,11H2,1-3H3. The van der Waals surface area contributed by atoms with Crippen LogP contribution in [0.4, 0.5) is 4.79 Å². The van der Waals surface area contributed by atoms with Gasteiger partial charge in [-0.1, -0.05) is 30.7 Å². The van der Waals surface area contributed by atoms with Crippen LogP contribution in [-0.4, -0.2) is 37.2 Å². The van der Waals surface area contributed by atoms with Crippen LogP contribution < -0.4 is 5.32 Å². The Morgan fingerprint density at radius 1 is 1.40 bits per heavy atom. The summed E-state index contributed by atoms with van der Waals surface area (Å²) in [7, 11) is 0. The van der Waals surface area contributed by atoms with Crippen LogP contribution in [0.2, 0.25) is 0 Å². The third-order valence-electron chi connectivity index (χ3n) is 3.69. The van der Waals surface area contributed by atoms with Crippen molar-refractivity contribution < 1.29 is 9.53 Å². The lowest BCUT2D eigenvalue weighted by Gasteiger charge is -2.25. The van der Waals surface area contributed by atoms with Gasteiger partial charge in [0, 0.05) is 6.54 Å². The van der Waals surface area contributed by atoms with Gasteiger partial charge in [0.2, 0.25) is 0 Å². The van der Waals surface area contributed by atoms with Crippen LogP contribution in [0.25, 0.3) is 0 Å². The van der Waals surface area contributed by atoms with Crippen molar-refractivity contribution in [3.8, 4) is 0 Å². The summed E-state index contributed by atoms with van der Waals surface area (Å²) >= 11 is 0. The average molecular weight is 276 g/mol. The molecule has 1 aromatic carbocycles. The molecule has 1 aliphatic rings. The highest BCUT2D eigenvalue weighted by atomic mass is 16.6. The van der Waals surface area contributed by atoms with E-state index in [1.165, 1.54) is 16.7 Å². The van der Waals surface area contributed by atoms with Gasteiger partial charge in [-0.15, -0.1) is 0 Å². The second-order valence-electron chi connectivity index (χ2n) is 5.43. The van der Waals surface area contributed by atoms with Crippen molar-refractivity contribution in [3.63, 3.8) is 0 Å². The van der Waals surface area contributed by atoms with E-state index in [0.29, 0.717) is 19.7 Å². The topological polar surface area (TPSA) is 41.6 Å². The Hall–Kier alpha value is -1.55. The maximum Gasteiger partial charge on any atom is 0.410 e. The van der Waals surface area contributed by atoms with Crippen molar-refractivity contribution in [2.24, 2.45) is 0 Å². The number of amides is 1. The molecule has 1 saturated heterocycles. The zero-order valence-corrected chi connectivity index (χ0v) is 12.6. The summed E-state index contributed by atoms with van der Waals surface area (Å²) in [6.07, 6.45) is 0.879. The zero-order chi connectivity index (χ0) is 14.5. The molecule has 4 heteroatoms. The van der Waals surface area contributed by atoms with Gasteiger partial charge in [0.05, 0.1) is 12.6 Å². The third kappa shape index (κ3) is 3.51. The summed E-state index contributed by atoms with van der Waals surface area (Å²) in [6, 6.07) is 6.66. The molecule has 1 atom stereocenters. The normalized spacial score (nSPS) is 16.4. The van der Waals surface area contributed by atoms with E-state index in [4.69, 9.17) is 4.74 Å². The van der Waals surface area contributed by atoms with Crippen molar-refractivity contribution in [2.75, 3.05) is 26.2 Å². The summed E-state index contributed by atoms with van der Waals surface area (Å²) in [5.41, 5.74) is 3.80. The lowest BCUT2D eigenvalue weighted by molar-refractivity contribution is 0.155. The molecule has 1 aromatic rings. The van der Waals surface area contributed by atoms with Crippen LogP contribution in [0, 0.1) is 13.8 Å². The molecule has 0 spiro atoms. The molecule has 1 unspecified atom stereocenters. The Labute approximate surface area is 121 Å². The second-order valence-corrected chi connectivity index (χ2v) is 5.43. The summed E-state index contributed by atoms with van der Waals surface area (Å²) in [4.78, 5) is 13.4. The van der Waals surface area contributed by atoms with Gasteiger partial charge in [-0.25, -0.2) is 4.79 Å². The van der Waals surface area contributed by atoms with Crippen LogP contribution in [0.5, 0.6) is 0 Å². The van der Waals surface area contributed by atoms with Gasteiger partial charge in [-0.2, -0.15) is 0 Å². The number of benzene rings is 1. The Kier molecular flexibility index (Phi) is 5.01. The summed E-state index contributed by atoms with van der Waals surface area (Å²) in [6.45, 7) is 9.19. The molecular formula is C16H24N2O2. The smallest absolute Gasteiger partial charge is 0.410 e. The van der Waals surface area contributed by atoms with Crippen molar-refractivity contribution in [2.45, 2.75) is 33.2 Å². The van der Waals surface area contributed by atoms with Gasteiger partial charge < -0.3 is 15.0 Å². The minimum atomic E-state index is -0.196. The molecule has 1 N–H and O–H groups in total. The van der Waals surface area contributed by atoms with Crippen LogP contribution in [0.15, 0.2) is 18.2 Å². The first-order valence-corrected chi connectivity index (χ1v) is 7.34. The molecule has 4 nitrogen and oxygen atoms in total. The fourth-order valence-corrected chi connectivity index (χ4v) is 2.62. The molecule has 1 fully saturated rings. The Bertz CT molecular complexity index is 474. The maximum atomic E-state index is 11.6. The third-order valence-corrected chi connectivity index (χ3v) is 3.69. The minimum Gasteiger partial charge on any atom is -0.448 e. The van der Waals surface area contributed by atoms with Crippen LogP contribution in [0.3, 0.4) is 0 Å². The fourth-order valence-electron chi connectivity index (χ4n) is 2.62. The zero-order valence-electron chi connectivity index (χ0n) is 12.6. The largest absolute Gasteiger partial charge is 0.448 e. The fraction of sp³-hybridized carbons (Fsp3) is 0.562. The highest BCUT2D eigenvalue weighted by molar-refractivity contribution is 5.69. The molecule has 1 aliphatic heterocycles. The molecule has 0 radical (unpaired) electrons. The summed E-state index contributed by atoms with van der Waals surface area (Å²) in [5.74, 6) is 0. The van der Waals surface area contributed by atoms with Crippen molar-refractivity contribution in [1.29, 1.82) is 0 Å². The van der Waals surface area contributed by atoms with Crippen molar-refractivity contribution >= 4 is 6.09 Å². The van der Waals surface area contributed by atoms with Gasteiger partial charge in [-0.05, 0) is 37.9 Å². The highest BCUT2D eigenvalue weighted by Gasteiger charge is 2.26. The Morgan fingerprint density at radius 3 is 2.80 bits per heavy atom. The number of hydrogen-bond acceptors (Lipinski definition) is 3. The number of carbonyl (C=O) groups is 1. The van der Waals surface area contributed by atoms with E-state index in [1.54, 1.807) is 4.90 Å². The second kappa shape index (κ2) is 6.75. The average Bonchev–Trinajstić information content (AvgIpc) is 2.80. The summed E-state index contributed by atoms with van der Waals surface area (Å²) < 4.78 is 5.02. The first-order chi connectivity index (χ1) is 9.61. The van der Waals surface area contributed by atoms with E-state index in [1.807, 2.05) is 0 Å². The molecule has 110 valence electrons. The lowest BCUT2D eigenvalue weighted by Crippen LogP contribution is -2.36. The van der Waals surface area contributed by atoms with Gasteiger partial charge in [0.25, 0.3) is 0 Å². The Balaban J connectivity index is 2.15. The highest BCUT2D eigenvalue weighted by Crippen LogP contribution is 2.21. The first kappa shape index (κ1) is 14.9. The van der Waals surface area contributed by atoms with Crippen LogP contribution >= 0.6 is 0 Å². The predicted molar refractivity (Wildman–Crippen MR) is 79.9 cm³/mol. The van der Waals surface area contributed by atoms with Gasteiger partial charge in [0.15, 0.2) is 0 Å². The number of cyclic esters (lactones) is 1. The lowest BCUT2D eigenvalue weighted by atomic mass is 9.98. The predicted octanol–water partition coefficient (Wildman–Crippen LogP) is 2.80. The van der Waals surface area contributed by atoms with E-state index < -0.39 is 0 Å². The minimum absolute atomic E-state index is 0.168. The Morgan fingerprint density at radius 2 is 2.20 bits per heavy atom. The molecule has 1 amide bonds. The number of nitrogens with zero attached hydrogens (tertiary/aromatic N) is 1. The summed E-state index contributed by atoms with van der Waals surface area (Å²) in [5, 5.41) is 3.54. The number of nitrogens with one attached hydrogen (secondary N) is 1. The molecule has 0 saturated carbocycles. The van der Waals surface area contributed by atoms with E-state index >= 15 is 0 Å². The molecular weight excluding hydrogens is 252 g/mol. The quantitative estimate of drug-likeness (QED) is 0.868. The molecule has 0 bridgehead atoms. The number of carbonyl (C=O) groups excluding carboxylic acids is 1. The number of rotatable bonds is 6. The molecule has 1 heterocycles. The SMILES string of the molecule is CCCNC(CN1CCOC1=O)c1ccc(C)cc1C. The number of ether oxygens (including phenoxy) is 1. The van der Waals surface area contributed by atoms with Gasteiger partial charge in [0.1, 0.15) is 6.61 Å². The molecule has 0 aliphatic carbocycles. The van der Waals surface area contributed by atoms with Crippen molar-refractivity contribution in [3.05, 3.63) is 34.9 Å². The molecule has 2 rings (SSSR count). The monoisotopic (exact) mass is 276 g/mol. The first-order valence-electron chi connectivity index (χ1n) is 7.34. The number of hydrogen-bond donors (Lipinski definition) is 1. The van der Waals surface area contributed by atoms with E-state index in [0.717, 1.165) is 13.0 Å². The van der Waals surface area contributed by atoms with E-state index in [-0.39, 0.29) is 12.1 Å². The van der Waals surface area contributed by atoms with E-state index in [9.17, 15) is 4.79 Å². The number of aryl methyl sites for hydroxylation is 2. The van der Waals surface area contributed by atoms with Crippen LogP contribution in [0.1, 0.15) is 36.1 Å². The van der Waals surface area contributed by atoms with E-state index in [2.05, 4.69) is 44.3 Å². The van der Waals surface area contributed by atoms with Crippen molar-refractivity contribution in [1.82, 2.24) is 10.2 Å². The van der Waals surface area contributed by atoms with Gasteiger partial charge >= 0.3 is 6.09 Å². The molecule has 0 aromatic heterocycles. The maximum absolute atomic E-state index is 11.6.